The lowest BCUT2D eigenvalue weighted by molar-refractivity contribution is 0.568. The molecule has 0 saturated carbocycles. The smallest absolute Gasteiger partial charge is 0.0961 e. The molecule has 84 valence electrons. The van der Waals surface area contributed by atoms with E-state index in [4.69, 9.17) is 11.6 Å². The number of thioether (sulfide) groups is 1. The summed E-state index contributed by atoms with van der Waals surface area (Å²) in [6, 6.07) is 3.83. The predicted octanol–water partition coefficient (Wildman–Crippen LogP) is 3.07. The van der Waals surface area contributed by atoms with Crippen molar-refractivity contribution >= 4 is 23.4 Å². The maximum atomic E-state index is 5.75. The number of hydrogen-bond acceptors (Lipinski definition) is 3. The third kappa shape index (κ3) is 6.03. The van der Waals surface area contributed by atoms with Crippen LogP contribution in [0.4, 0.5) is 0 Å². The third-order valence-corrected chi connectivity index (χ3v) is 2.95. The van der Waals surface area contributed by atoms with Crippen LogP contribution in [-0.4, -0.2) is 23.8 Å². The number of halogens is 1. The molecule has 0 radical (unpaired) electrons. The average molecular weight is 245 g/mol. The molecular formula is C11H17ClN2S. The zero-order valence-corrected chi connectivity index (χ0v) is 10.7. The second-order valence-electron chi connectivity index (χ2n) is 3.76. The first-order chi connectivity index (χ1) is 7.18. The lowest BCUT2D eigenvalue weighted by Crippen LogP contribution is -2.22. The van der Waals surface area contributed by atoms with Crippen LogP contribution in [0.5, 0.6) is 0 Å². The van der Waals surface area contributed by atoms with Crippen molar-refractivity contribution in [3.05, 3.63) is 23.4 Å². The second-order valence-corrected chi connectivity index (χ2v) is 5.31. The lowest BCUT2D eigenvalue weighted by Gasteiger charge is -2.06. The standard InChI is InChI=1S/C11H17ClN2S/c1-9(2)7-13-5-6-15-11-4-3-10(12)8-14-11/h3-4,8-9,13H,5-7H2,1-2H3. The molecule has 0 aliphatic rings. The molecule has 1 rings (SSSR count). The van der Waals surface area contributed by atoms with Gasteiger partial charge in [0, 0.05) is 18.5 Å². The summed E-state index contributed by atoms with van der Waals surface area (Å²) in [7, 11) is 0. The van der Waals surface area contributed by atoms with E-state index in [-0.39, 0.29) is 0 Å². The van der Waals surface area contributed by atoms with Crippen molar-refractivity contribution in [1.29, 1.82) is 0 Å². The topological polar surface area (TPSA) is 24.9 Å². The van der Waals surface area contributed by atoms with Crippen LogP contribution in [0.1, 0.15) is 13.8 Å². The van der Waals surface area contributed by atoms with Gasteiger partial charge in [-0.05, 0) is 24.6 Å². The predicted molar refractivity (Wildman–Crippen MR) is 67.7 cm³/mol. The number of nitrogens with one attached hydrogen (secondary N) is 1. The van der Waals surface area contributed by atoms with Crippen molar-refractivity contribution in [2.75, 3.05) is 18.8 Å². The van der Waals surface area contributed by atoms with Gasteiger partial charge in [0.05, 0.1) is 10.0 Å². The largest absolute Gasteiger partial charge is 0.316 e. The SMILES string of the molecule is CC(C)CNCCSc1ccc(Cl)cn1. The Morgan fingerprint density at radius 2 is 2.27 bits per heavy atom. The van der Waals surface area contributed by atoms with Crippen LogP contribution >= 0.6 is 23.4 Å². The van der Waals surface area contributed by atoms with Gasteiger partial charge in [-0.3, -0.25) is 0 Å². The van der Waals surface area contributed by atoms with Gasteiger partial charge in [-0.2, -0.15) is 0 Å². The highest BCUT2D eigenvalue weighted by Gasteiger charge is 1.96. The van der Waals surface area contributed by atoms with Crippen LogP contribution in [0.15, 0.2) is 23.4 Å². The molecule has 0 unspecified atom stereocenters. The van der Waals surface area contributed by atoms with Crippen molar-refractivity contribution in [2.24, 2.45) is 5.92 Å². The molecule has 4 heteroatoms. The molecule has 1 aromatic heterocycles. The summed E-state index contributed by atoms with van der Waals surface area (Å²) in [4.78, 5) is 4.21. The molecule has 0 amide bonds. The quantitative estimate of drug-likeness (QED) is 0.615. The molecule has 0 aliphatic heterocycles. The van der Waals surface area contributed by atoms with Crippen LogP contribution in [0, 0.1) is 5.92 Å². The molecule has 1 N–H and O–H groups in total. The average Bonchev–Trinajstić information content (AvgIpc) is 2.20. The molecule has 0 aliphatic carbocycles. The van der Waals surface area contributed by atoms with Crippen LogP contribution in [-0.2, 0) is 0 Å². The van der Waals surface area contributed by atoms with Crippen LogP contribution in [0.2, 0.25) is 5.02 Å². The molecule has 0 fully saturated rings. The number of pyridine rings is 1. The molecule has 1 aromatic rings. The summed E-state index contributed by atoms with van der Waals surface area (Å²) < 4.78 is 0. The first kappa shape index (κ1) is 12.8. The van der Waals surface area contributed by atoms with Gasteiger partial charge < -0.3 is 5.32 Å². The van der Waals surface area contributed by atoms with E-state index in [2.05, 4.69) is 24.1 Å². The number of nitrogens with zero attached hydrogens (tertiary/aromatic N) is 1. The summed E-state index contributed by atoms with van der Waals surface area (Å²) in [5, 5.41) is 5.12. The Kier molecular flexibility index (Phi) is 6.06. The molecule has 0 aromatic carbocycles. The Labute approximate surface area is 101 Å². The zero-order valence-electron chi connectivity index (χ0n) is 9.16. The van der Waals surface area contributed by atoms with E-state index in [1.807, 2.05) is 12.1 Å². The first-order valence-electron chi connectivity index (χ1n) is 5.13. The normalized spacial score (nSPS) is 10.9. The Hall–Kier alpha value is -0.250. The maximum Gasteiger partial charge on any atom is 0.0961 e. The van der Waals surface area contributed by atoms with E-state index < -0.39 is 0 Å². The summed E-state index contributed by atoms with van der Waals surface area (Å²) in [6.07, 6.45) is 1.69. The fraction of sp³-hybridized carbons (Fsp3) is 0.545. The highest BCUT2D eigenvalue weighted by Crippen LogP contribution is 2.16. The maximum absolute atomic E-state index is 5.75. The van der Waals surface area contributed by atoms with Crippen LogP contribution < -0.4 is 5.32 Å². The molecule has 0 bridgehead atoms. The van der Waals surface area contributed by atoms with Gasteiger partial charge in [-0.15, -0.1) is 11.8 Å². The van der Waals surface area contributed by atoms with Crippen LogP contribution in [0.3, 0.4) is 0 Å². The molecule has 0 saturated heterocycles. The molecule has 0 spiro atoms. The summed E-state index contributed by atoms with van der Waals surface area (Å²) in [5.74, 6) is 1.75. The van der Waals surface area contributed by atoms with Gasteiger partial charge in [-0.25, -0.2) is 4.98 Å². The Bertz CT molecular complexity index is 274. The summed E-state index contributed by atoms with van der Waals surface area (Å²) in [5.41, 5.74) is 0. The van der Waals surface area contributed by atoms with Gasteiger partial charge >= 0.3 is 0 Å². The molecule has 1 heterocycles. The zero-order chi connectivity index (χ0) is 11.1. The Morgan fingerprint density at radius 3 is 2.87 bits per heavy atom. The molecule has 0 atom stereocenters. The van der Waals surface area contributed by atoms with Gasteiger partial charge in [-0.1, -0.05) is 25.4 Å². The molecule has 2 nitrogen and oxygen atoms in total. The van der Waals surface area contributed by atoms with Gasteiger partial charge in [0.25, 0.3) is 0 Å². The van der Waals surface area contributed by atoms with E-state index >= 15 is 0 Å². The fourth-order valence-corrected chi connectivity index (χ4v) is 1.92. The van der Waals surface area contributed by atoms with Gasteiger partial charge in [0.2, 0.25) is 0 Å². The fourth-order valence-electron chi connectivity index (χ4n) is 1.07. The first-order valence-corrected chi connectivity index (χ1v) is 6.50. The monoisotopic (exact) mass is 244 g/mol. The van der Waals surface area contributed by atoms with Crippen molar-refractivity contribution in [2.45, 2.75) is 18.9 Å². The highest BCUT2D eigenvalue weighted by atomic mass is 35.5. The minimum absolute atomic E-state index is 0.692. The van der Waals surface area contributed by atoms with E-state index in [9.17, 15) is 0 Å². The summed E-state index contributed by atoms with van der Waals surface area (Å²) in [6.45, 7) is 6.52. The van der Waals surface area contributed by atoms with Crippen molar-refractivity contribution in [1.82, 2.24) is 10.3 Å². The van der Waals surface area contributed by atoms with Crippen LogP contribution in [0.25, 0.3) is 0 Å². The van der Waals surface area contributed by atoms with E-state index in [0.717, 1.165) is 23.9 Å². The van der Waals surface area contributed by atoms with E-state index in [1.165, 1.54) is 0 Å². The van der Waals surface area contributed by atoms with Gasteiger partial charge in [0.15, 0.2) is 0 Å². The van der Waals surface area contributed by atoms with Gasteiger partial charge in [0.1, 0.15) is 0 Å². The lowest BCUT2D eigenvalue weighted by atomic mass is 10.2. The van der Waals surface area contributed by atoms with Crippen molar-refractivity contribution in [3.8, 4) is 0 Å². The number of rotatable bonds is 6. The molecule has 15 heavy (non-hydrogen) atoms. The number of hydrogen-bond donors (Lipinski definition) is 1. The van der Waals surface area contributed by atoms with Crippen molar-refractivity contribution in [3.63, 3.8) is 0 Å². The van der Waals surface area contributed by atoms with E-state index in [1.54, 1.807) is 18.0 Å². The minimum atomic E-state index is 0.692. The van der Waals surface area contributed by atoms with E-state index in [0.29, 0.717) is 10.9 Å². The van der Waals surface area contributed by atoms with Crippen molar-refractivity contribution < 1.29 is 0 Å². The second kappa shape index (κ2) is 7.09. The minimum Gasteiger partial charge on any atom is -0.316 e. The highest BCUT2D eigenvalue weighted by molar-refractivity contribution is 7.99. The number of aromatic nitrogens is 1. The molecular weight excluding hydrogens is 228 g/mol. The summed E-state index contributed by atoms with van der Waals surface area (Å²) >= 11 is 7.49. The third-order valence-electron chi connectivity index (χ3n) is 1.78. The Balaban J connectivity index is 2.12. The Morgan fingerprint density at radius 1 is 1.47 bits per heavy atom.